The van der Waals surface area contributed by atoms with Crippen LogP contribution in [0.25, 0.3) is 11.0 Å². The first-order valence-corrected chi connectivity index (χ1v) is 16.9. The Morgan fingerprint density at radius 2 is 1.70 bits per heavy atom. The number of phosphoric ester groups is 1. The van der Waals surface area contributed by atoms with E-state index in [4.69, 9.17) is 19.4 Å². The fourth-order valence-corrected chi connectivity index (χ4v) is 6.25. The Bertz CT molecular complexity index is 1210. The summed E-state index contributed by atoms with van der Waals surface area (Å²) in [5.74, 6) is -0.785. The van der Waals surface area contributed by atoms with Crippen molar-refractivity contribution in [3.8, 4) is 0 Å². The number of nitro groups is 1. The molecular weight excluding hydrogens is 597 g/mol. The molecule has 0 fully saturated rings. The van der Waals surface area contributed by atoms with Crippen molar-refractivity contribution in [1.82, 2.24) is 10.3 Å². The summed E-state index contributed by atoms with van der Waals surface area (Å²) in [6, 6.07) is 1.43. The highest BCUT2D eigenvalue weighted by molar-refractivity contribution is 7.47. The smallest absolute Gasteiger partial charge is 0.394 e. The zero-order chi connectivity index (χ0) is 32.6. The largest absolute Gasteiger partial charge is 0.473 e. The van der Waals surface area contributed by atoms with E-state index in [0.717, 1.165) is 44.9 Å². The number of rotatable bonds is 25. The van der Waals surface area contributed by atoms with E-state index in [9.17, 15) is 34.6 Å². The van der Waals surface area contributed by atoms with Crippen molar-refractivity contribution in [3.63, 3.8) is 0 Å². The number of aliphatic hydroxyl groups excluding tert-OH is 2. The van der Waals surface area contributed by atoms with Gasteiger partial charge in [-0.2, -0.15) is 0 Å². The van der Waals surface area contributed by atoms with Crippen LogP contribution in [0, 0.1) is 10.1 Å². The van der Waals surface area contributed by atoms with Gasteiger partial charge in [-0.25, -0.2) is 9.19 Å². The molecule has 0 aliphatic carbocycles. The second kappa shape index (κ2) is 19.1. The molecule has 16 heteroatoms. The number of nitrogens with one attached hydrogen (secondary N) is 1. The van der Waals surface area contributed by atoms with Crippen molar-refractivity contribution in [3.05, 3.63) is 22.2 Å². The number of nitro benzene ring substituents is 1. The molecule has 0 saturated carbocycles. The first kappa shape index (κ1) is 37.7. The molecule has 0 amide bonds. The van der Waals surface area contributed by atoms with Crippen molar-refractivity contribution in [1.29, 1.82) is 0 Å². The molecule has 4 atom stereocenters. The molecule has 6 N–H and O–H groups in total. The molecule has 1 aromatic heterocycles. The van der Waals surface area contributed by atoms with Crippen molar-refractivity contribution in [2.24, 2.45) is 5.73 Å². The fraction of sp³-hybridized carbons (Fsp3) is 0.750. The zero-order valence-electron chi connectivity index (χ0n) is 25.7. The van der Waals surface area contributed by atoms with Crippen LogP contribution in [0.3, 0.4) is 0 Å². The van der Waals surface area contributed by atoms with E-state index in [2.05, 4.69) is 22.6 Å². The van der Waals surface area contributed by atoms with Gasteiger partial charge in [0.15, 0.2) is 16.9 Å². The number of hydrogen-bond acceptors (Lipinski definition) is 13. The number of fused-ring (bicyclic) bond motifs is 1. The number of phosphoric acid groups is 1. The number of hydrogen-bond donors (Lipinski definition) is 5. The van der Waals surface area contributed by atoms with Crippen LogP contribution >= 0.6 is 7.82 Å². The molecule has 1 heterocycles. The lowest BCUT2D eigenvalue weighted by molar-refractivity contribution is -0.383. The van der Waals surface area contributed by atoms with Crippen LogP contribution in [0.2, 0.25) is 0 Å². The fourth-order valence-electron chi connectivity index (χ4n) is 5.14. The molecule has 3 unspecified atom stereocenters. The molecule has 2 aromatic rings. The summed E-state index contributed by atoms with van der Waals surface area (Å²) in [5.41, 5.74) is 2.81. The minimum Gasteiger partial charge on any atom is -0.394 e. The van der Waals surface area contributed by atoms with E-state index in [-0.39, 0.29) is 48.4 Å². The van der Waals surface area contributed by atoms with Gasteiger partial charge in [0.1, 0.15) is 6.10 Å². The third kappa shape index (κ3) is 10.8. The summed E-state index contributed by atoms with van der Waals surface area (Å²) in [6.07, 6.45) is 7.78. The van der Waals surface area contributed by atoms with Crippen LogP contribution in [0.15, 0.2) is 16.8 Å². The van der Waals surface area contributed by atoms with E-state index in [1.165, 1.54) is 18.6 Å². The molecule has 2 rings (SSSR count). The summed E-state index contributed by atoms with van der Waals surface area (Å²) >= 11 is 0. The third-order valence-corrected chi connectivity index (χ3v) is 8.58. The molecule has 15 nitrogen and oxygen atoms in total. The van der Waals surface area contributed by atoms with Crippen LogP contribution in [0.5, 0.6) is 0 Å². The summed E-state index contributed by atoms with van der Waals surface area (Å²) < 4.78 is 28.2. The van der Waals surface area contributed by atoms with Crippen LogP contribution < -0.4 is 11.1 Å². The second-order valence-corrected chi connectivity index (χ2v) is 12.3. The topological polar surface area (TPSA) is 233 Å². The van der Waals surface area contributed by atoms with Gasteiger partial charge in [0.25, 0.3) is 0 Å². The highest BCUT2D eigenvalue weighted by atomic mass is 31.2. The van der Waals surface area contributed by atoms with Crippen molar-refractivity contribution < 1.29 is 43.1 Å². The van der Waals surface area contributed by atoms with Gasteiger partial charge in [-0.1, -0.05) is 78.1 Å². The van der Waals surface area contributed by atoms with E-state index in [1.807, 2.05) is 6.92 Å². The lowest BCUT2D eigenvalue weighted by Gasteiger charge is -2.39. The van der Waals surface area contributed by atoms with Gasteiger partial charge in [-0.05, 0) is 35.6 Å². The average molecular weight is 646 g/mol. The normalized spacial score (nSPS) is 15.9. The number of Topliss-reactive ketones (excluding diaryl/α,β-unsaturated/α-hetero) is 1. The maximum absolute atomic E-state index is 14.5. The van der Waals surface area contributed by atoms with Crippen LogP contribution in [-0.4, -0.2) is 73.6 Å². The Hall–Kier alpha value is -2.52. The maximum Gasteiger partial charge on any atom is 0.473 e. The SMILES string of the molecule is CCCCCCCCCCC(Nc1ccc([N+](=O)[O-])c2nonc12)C(=O)C(CCCCC)(OP(=O)(O)OCCN)[C@@H](O)CO. The van der Waals surface area contributed by atoms with Crippen molar-refractivity contribution in [2.75, 3.05) is 25.1 Å². The highest BCUT2D eigenvalue weighted by Crippen LogP contribution is 2.50. The standard InChI is InChI=1S/C28H48N5O10P/c1-3-5-7-8-9-10-11-12-14-22(30-21-15-16-23(33(37)38)26-25(21)31-43-32-26)27(36)28(24(35)20-34,17-13-6-4-2)42-44(39,40)41-19-18-29/h15-16,22,24,30,34-35H,3-14,17-20,29H2,1-2H3,(H,39,40)/t22?,24-,28?/m0/s1. The Kier molecular flexibility index (Phi) is 16.3. The number of carbonyl (C=O) groups excluding carboxylic acids is 1. The Morgan fingerprint density at radius 3 is 2.32 bits per heavy atom. The number of non-ortho nitro benzene ring substituents is 1. The average Bonchev–Trinajstić information content (AvgIpc) is 3.50. The number of aliphatic hydroxyl groups is 2. The predicted octanol–water partition coefficient (Wildman–Crippen LogP) is 4.78. The minimum absolute atomic E-state index is 0.00670. The van der Waals surface area contributed by atoms with Crippen molar-refractivity contribution in [2.45, 2.75) is 115 Å². The van der Waals surface area contributed by atoms with Gasteiger partial charge < -0.3 is 26.2 Å². The predicted molar refractivity (Wildman–Crippen MR) is 164 cm³/mol. The summed E-state index contributed by atoms with van der Waals surface area (Å²) in [6.45, 7) is 2.69. The van der Waals surface area contributed by atoms with Crippen LogP contribution in [0.4, 0.5) is 11.4 Å². The maximum atomic E-state index is 14.5. The van der Waals surface area contributed by atoms with E-state index < -0.39 is 42.9 Å². The number of nitrogens with two attached hydrogens (primary N) is 1. The van der Waals surface area contributed by atoms with Crippen LogP contribution in [-0.2, 0) is 18.4 Å². The van der Waals surface area contributed by atoms with Gasteiger partial charge >= 0.3 is 13.5 Å². The number of nitrogens with zero attached hydrogens (tertiary/aromatic N) is 3. The highest BCUT2D eigenvalue weighted by Gasteiger charge is 2.52. The Balaban J connectivity index is 2.48. The number of unbranched alkanes of at least 4 members (excludes halogenated alkanes) is 9. The first-order chi connectivity index (χ1) is 21.1. The lowest BCUT2D eigenvalue weighted by atomic mass is 9.81. The first-order valence-electron chi connectivity index (χ1n) is 15.4. The molecular formula is C28H48N5O10P. The monoisotopic (exact) mass is 645 g/mol. The molecule has 1 aromatic carbocycles. The van der Waals surface area contributed by atoms with E-state index >= 15 is 0 Å². The number of benzene rings is 1. The molecule has 0 saturated heterocycles. The number of carbonyl (C=O) groups is 1. The molecule has 44 heavy (non-hydrogen) atoms. The Labute approximate surface area is 257 Å². The molecule has 0 spiro atoms. The molecule has 250 valence electrons. The van der Waals surface area contributed by atoms with Gasteiger partial charge in [-0.3, -0.25) is 24.0 Å². The van der Waals surface area contributed by atoms with Gasteiger partial charge in [-0.15, -0.1) is 0 Å². The third-order valence-electron chi connectivity index (χ3n) is 7.51. The molecule has 0 bridgehead atoms. The zero-order valence-corrected chi connectivity index (χ0v) is 26.6. The van der Waals surface area contributed by atoms with Gasteiger partial charge in [0.05, 0.1) is 29.9 Å². The van der Waals surface area contributed by atoms with Crippen LogP contribution in [0.1, 0.15) is 97.3 Å². The summed E-state index contributed by atoms with van der Waals surface area (Å²) in [4.78, 5) is 35.9. The number of aromatic nitrogens is 2. The van der Waals surface area contributed by atoms with Gasteiger partial charge in [0.2, 0.25) is 5.52 Å². The molecule has 0 aliphatic heterocycles. The summed E-state index contributed by atoms with van der Waals surface area (Å²) in [7, 11) is -4.93. The quantitative estimate of drug-likeness (QED) is 0.0423. The molecule has 0 aliphatic rings. The number of anilines is 1. The van der Waals surface area contributed by atoms with E-state index in [0.29, 0.717) is 19.3 Å². The van der Waals surface area contributed by atoms with Gasteiger partial charge in [0, 0.05) is 12.6 Å². The Morgan fingerprint density at radius 1 is 1.09 bits per heavy atom. The minimum atomic E-state index is -4.93. The lowest BCUT2D eigenvalue weighted by Crippen LogP contribution is -2.58. The summed E-state index contributed by atoms with van der Waals surface area (Å²) in [5, 5.41) is 43.0. The number of ketones is 1. The second-order valence-electron chi connectivity index (χ2n) is 10.9. The van der Waals surface area contributed by atoms with Crippen molar-refractivity contribution >= 4 is 36.0 Å². The molecule has 0 radical (unpaired) electrons. The van der Waals surface area contributed by atoms with E-state index in [1.54, 1.807) is 0 Å².